The van der Waals surface area contributed by atoms with Gasteiger partial charge in [-0.3, -0.25) is 18.9 Å². The normalized spacial score (nSPS) is 11.4. The van der Waals surface area contributed by atoms with Crippen LogP contribution in [0.15, 0.2) is 63.2 Å². The fraction of sp³-hybridized carbons (Fsp3) is 0.143. The van der Waals surface area contributed by atoms with Crippen molar-refractivity contribution >= 4 is 34.9 Å². The second kappa shape index (κ2) is 8.00. The average Bonchev–Trinajstić information content (AvgIpc) is 3.07. The Morgan fingerprint density at radius 2 is 1.97 bits per heavy atom. The van der Waals surface area contributed by atoms with E-state index < -0.39 is 11.2 Å². The second-order valence-electron chi connectivity index (χ2n) is 6.92. The maximum Gasteiger partial charge on any atom is 0.329 e. The minimum absolute atomic E-state index is 0.278. The van der Waals surface area contributed by atoms with Gasteiger partial charge in [-0.15, -0.1) is 0 Å². The Kier molecular flexibility index (Phi) is 5.24. The molecular weight excluding hydrogens is 404 g/mol. The highest BCUT2D eigenvalue weighted by atomic mass is 35.5. The number of aryl methyl sites for hydroxylation is 2. The quantitative estimate of drug-likeness (QED) is 0.381. The molecule has 0 fully saturated rings. The molecular formula is C21H19ClN6O2. The van der Waals surface area contributed by atoms with Gasteiger partial charge in [0.05, 0.1) is 12.8 Å². The van der Waals surface area contributed by atoms with E-state index in [2.05, 4.69) is 20.5 Å². The molecule has 0 unspecified atom stereocenters. The highest BCUT2D eigenvalue weighted by Gasteiger charge is 2.17. The molecule has 0 amide bonds. The summed E-state index contributed by atoms with van der Waals surface area (Å²) in [6.45, 7) is 2.39. The molecule has 2 aromatic carbocycles. The largest absolute Gasteiger partial charge is 0.329 e. The number of aromatic nitrogens is 4. The predicted octanol–water partition coefficient (Wildman–Crippen LogP) is 2.88. The molecule has 0 aliphatic carbocycles. The third kappa shape index (κ3) is 3.90. The molecule has 9 heteroatoms. The highest BCUT2D eigenvalue weighted by Crippen LogP contribution is 2.18. The molecule has 0 aliphatic heterocycles. The first-order chi connectivity index (χ1) is 14.4. The van der Waals surface area contributed by atoms with Crippen molar-refractivity contribution < 1.29 is 0 Å². The molecule has 0 saturated carbocycles. The summed E-state index contributed by atoms with van der Waals surface area (Å²) in [5.74, 6) is 0.350. The summed E-state index contributed by atoms with van der Waals surface area (Å²) in [7, 11) is 1.56. The second-order valence-corrected chi connectivity index (χ2v) is 7.36. The first kappa shape index (κ1) is 19.7. The number of imidazole rings is 1. The van der Waals surface area contributed by atoms with Gasteiger partial charge in [-0.25, -0.2) is 10.2 Å². The van der Waals surface area contributed by atoms with Crippen molar-refractivity contribution in [1.29, 1.82) is 0 Å². The van der Waals surface area contributed by atoms with Crippen LogP contribution < -0.4 is 16.7 Å². The van der Waals surface area contributed by atoms with Crippen LogP contribution >= 0.6 is 11.6 Å². The zero-order chi connectivity index (χ0) is 21.3. The number of hydrogen-bond acceptors (Lipinski definition) is 5. The molecule has 8 nitrogen and oxygen atoms in total. The lowest BCUT2D eigenvalue weighted by molar-refractivity contribution is 0.808. The van der Waals surface area contributed by atoms with Gasteiger partial charge in [-0.1, -0.05) is 53.6 Å². The van der Waals surface area contributed by atoms with E-state index in [-0.39, 0.29) is 5.65 Å². The highest BCUT2D eigenvalue weighted by molar-refractivity contribution is 6.30. The summed E-state index contributed by atoms with van der Waals surface area (Å²) in [4.78, 5) is 31.4. The van der Waals surface area contributed by atoms with E-state index in [0.717, 1.165) is 16.7 Å². The van der Waals surface area contributed by atoms with E-state index in [9.17, 15) is 9.59 Å². The molecule has 0 aliphatic rings. The van der Waals surface area contributed by atoms with Crippen molar-refractivity contribution in [3.05, 3.63) is 91.1 Å². The molecule has 152 valence electrons. The molecule has 0 atom stereocenters. The van der Waals surface area contributed by atoms with Crippen LogP contribution in [0.4, 0.5) is 5.95 Å². The number of hydrazone groups is 1. The van der Waals surface area contributed by atoms with Crippen LogP contribution in [0.1, 0.15) is 16.7 Å². The van der Waals surface area contributed by atoms with Crippen molar-refractivity contribution in [1.82, 2.24) is 19.1 Å². The van der Waals surface area contributed by atoms with Crippen LogP contribution in [-0.4, -0.2) is 25.3 Å². The van der Waals surface area contributed by atoms with Gasteiger partial charge < -0.3 is 0 Å². The predicted molar refractivity (Wildman–Crippen MR) is 119 cm³/mol. The van der Waals surface area contributed by atoms with Gasteiger partial charge in [0.2, 0.25) is 5.95 Å². The van der Waals surface area contributed by atoms with Crippen LogP contribution in [0, 0.1) is 6.92 Å². The number of H-pyrrole nitrogens is 1. The number of fused-ring (bicyclic) bond motifs is 1. The standard InChI is InChI=1S/C21H19ClN6O2/c1-13-4-3-5-15(10-13)12-28-17-18(27(2)21(30)25-19(17)29)24-20(28)26-23-11-14-6-8-16(22)9-7-14/h3-11H,12H2,1-2H3,(H,24,26)(H,25,29,30)/b23-11-. The van der Waals surface area contributed by atoms with Gasteiger partial charge in [0.1, 0.15) is 0 Å². The van der Waals surface area contributed by atoms with Crippen molar-refractivity contribution in [2.75, 3.05) is 5.43 Å². The summed E-state index contributed by atoms with van der Waals surface area (Å²) in [6, 6.07) is 15.2. The average molecular weight is 423 g/mol. The van der Waals surface area contributed by atoms with Gasteiger partial charge in [-0.2, -0.15) is 10.1 Å². The van der Waals surface area contributed by atoms with Crippen LogP contribution in [-0.2, 0) is 13.6 Å². The van der Waals surface area contributed by atoms with E-state index in [1.165, 1.54) is 4.57 Å². The fourth-order valence-electron chi connectivity index (χ4n) is 3.18. The third-order valence-electron chi connectivity index (χ3n) is 4.68. The summed E-state index contributed by atoms with van der Waals surface area (Å²) >= 11 is 5.90. The third-order valence-corrected chi connectivity index (χ3v) is 4.93. The molecule has 0 bridgehead atoms. The lowest BCUT2D eigenvalue weighted by Gasteiger charge is -2.09. The minimum atomic E-state index is -0.524. The summed E-state index contributed by atoms with van der Waals surface area (Å²) in [5.41, 5.74) is 5.39. The first-order valence-corrected chi connectivity index (χ1v) is 9.60. The SMILES string of the molecule is Cc1cccc(Cn2c(N/N=C\c3ccc(Cl)cc3)nc3c2c(=O)[nH]c(=O)n3C)c1. The van der Waals surface area contributed by atoms with E-state index in [1.54, 1.807) is 30.0 Å². The molecule has 4 aromatic rings. The van der Waals surface area contributed by atoms with Gasteiger partial charge in [0.15, 0.2) is 11.2 Å². The number of hydrogen-bond donors (Lipinski definition) is 2. The van der Waals surface area contributed by atoms with Gasteiger partial charge in [-0.05, 0) is 30.2 Å². The van der Waals surface area contributed by atoms with Gasteiger partial charge >= 0.3 is 5.69 Å². The van der Waals surface area contributed by atoms with Crippen molar-refractivity contribution in [3.8, 4) is 0 Å². The number of rotatable bonds is 5. The van der Waals surface area contributed by atoms with Crippen molar-refractivity contribution in [2.45, 2.75) is 13.5 Å². The maximum atomic E-state index is 12.6. The Morgan fingerprint density at radius 1 is 1.20 bits per heavy atom. The Bertz CT molecular complexity index is 1370. The van der Waals surface area contributed by atoms with E-state index in [0.29, 0.717) is 23.0 Å². The molecule has 4 rings (SSSR count). The number of halogens is 1. The lowest BCUT2D eigenvalue weighted by Crippen LogP contribution is -2.29. The lowest BCUT2D eigenvalue weighted by atomic mass is 10.1. The summed E-state index contributed by atoms with van der Waals surface area (Å²) in [5, 5.41) is 4.88. The van der Waals surface area contributed by atoms with Crippen molar-refractivity contribution in [3.63, 3.8) is 0 Å². The molecule has 0 spiro atoms. The van der Waals surface area contributed by atoms with Crippen LogP contribution in [0.3, 0.4) is 0 Å². The Balaban J connectivity index is 1.78. The zero-order valence-electron chi connectivity index (χ0n) is 16.4. The Hall–Kier alpha value is -3.65. The summed E-state index contributed by atoms with van der Waals surface area (Å²) < 4.78 is 3.01. The molecule has 2 N–H and O–H groups in total. The van der Waals surface area contributed by atoms with E-state index >= 15 is 0 Å². The zero-order valence-corrected chi connectivity index (χ0v) is 17.1. The van der Waals surface area contributed by atoms with E-state index in [4.69, 9.17) is 11.6 Å². The molecule has 2 heterocycles. The first-order valence-electron chi connectivity index (χ1n) is 9.22. The number of benzene rings is 2. The van der Waals surface area contributed by atoms with Crippen molar-refractivity contribution in [2.24, 2.45) is 12.1 Å². The van der Waals surface area contributed by atoms with Gasteiger partial charge in [0, 0.05) is 12.1 Å². The molecule has 0 radical (unpaired) electrons. The van der Waals surface area contributed by atoms with Gasteiger partial charge in [0.25, 0.3) is 5.56 Å². The molecule has 2 aromatic heterocycles. The number of nitrogens with zero attached hydrogens (tertiary/aromatic N) is 4. The summed E-state index contributed by atoms with van der Waals surface area (Å²) in [6.07, 6.45) is 1.62. The van der Waals surface area contributed by atoms with E-state index in [1.807, 2.05) is 43.3 Å². The Morgan fingerprint density at radius 3 is 2.70 bits per heavy atom. The van der Waals surface area contributed by atoms with Crippen LogP contribution in [0.25, 0.3) is 11.2 Å². The van der Waals surface area contributed by atoms with Crippen LogP contribution in [0.2, 0.25) is 5.02 Å². The Labute approximate surface area is 176 Å². The topological polar surface area (TPSA) is 97.1 Å². The fourth-order valence-corrected chi connectivity index (χ4v) is 3.31. The minimum Gasteiger partial charge on any atom is -0.298 e. The van der Waals surface area contributed by atoms with Crippen LogP contribution in [0.5, 0.6) is 0 Å². The number of anilines is 1. The molecule has 30 heavy (non-hydrogen) atoms. The number of aromatic amines is 1. The maximum absolute atomic E-state index is 12.6. The smallest absolute Gasteiger partial charge is 0.298 e. The monoisotopic (exact) mass is 422 g/mol. The number of nitrogens with one attached hydrogen (secondary N) is 2. The molecule has 0 saturated heterocycles.